The Kier molecular flexibility index (Phi) is 4.64. The number of methoxy groups -OCH3 is 1. The second-order valence-electron chi connectivity index (χ2n) is 5.10. The van der Waals surface area contributed by atoms with E-state index in [4.69, 9.17) is 4.74 Å². The molecule has 0 atom stereocenters. The van der Waals surface area contributed by atoms with Crippen LogP contribution in [0.3, 0.4) is 0 Å². The molecule has 0 heterocycles. The third-order valence-corrected chi connectivity index (χ3v) is 3.42. The molecule has 1 aromatic rings. The van der Waals surface area contributed by atoms with Crippen molar-refractivity contribution in [2.24, 2.45) is 0 Å². The van der Waals surface area contributed by atoms with Gasteiger partial charge in [-0.1, -0.05) is 12.2 Å². The molecule has 0 unspecified atom stereocenters. The SMILES string of the molecule is COc1cc(O)c2c(c1O)C(=O)C(=O)C(=CC=CCC(C)=O)C2=O. The van der Waals surface area contributed by atoms with E-state index in [-0.39, 0.29) is 18.0 Å². The molecule has 0 aliphatic heterocycles. The topological polar surface area (TPSA) is 118 Å². The molecule has 7 nitrogen and oxygen atoms in total. The van der Waals surface area contributed by atoms with Crippen LogP contribution in [0.4, 0.5) is 0 Å². The fourth-order valence-corrected chi connectivity index (χ4v) is 2.26. The van der Waals surface area contributed by atoms with E-state index in [9.17, 15) is 29.4 Å². The summed E-state index contributed by atoms with van der Waals surface area (Å²) in [4.78, 5) is 47.6. The summed E-state index contributed by atoms with van der Waals surface area (Å²) in [6.45, 7) is 1.38. The van der Waals surface area contributed by atoms with Crippen LogP contribution in [0, 0.1) is 0 Å². The molecule has 0 bridgehead atoms. The van der Waals surface area contributed by atoms with Crippen molar-refractivity contribution in [3.05, 3.63) is 41.0 Å². The van der Waals surface area contributed by atoms with Crippen molar-refractivity contribution < 1.29 is 34.1 Å². The van der Waals surface area contributed by atoms with Crippen molar-refractivity contribution in [3.63, 3.8) is 0 Å². The first-order valence-electron chi connectivity index (χ1n) is 6.92. The minimum absolute atomic E-state index is 0.109. The number of carbonyl (C=O) groups is 4. The van der Waals surface area contributed by atoms with Crippen LogP contribution in [0.5, 0.6) is 17.2 Å². The molecular formula is C17H14O7. The van der Waals surface area contributed by atoms with Crippen LogP contribution >= 0.6 is 0 Å². The van der Waals surface area contributed by atoms with Gasteiger partial charge in [-0.2, -0.15) is 0 Å². The first-order chi connectivity index (χ1) is 11.3. The van der Waals surface area contributed by atoms with Crippen molar-refractivity contribution in [1.29, 1.82) is 0 Å². The minimum Gasteiger partial charge on any atom is -0.507 e. The Hall–Kier alpha value is -3.22. The number of allylic oxidation sites excluding steroid dienone is 4. The number of fused-ring (bicyclic) bond motifs is 1. The molecule has 0 amide bonds. The Labute approximate surface area is 136 Å². The van der Waals surface area contributed by atoms with Crippen LogP contribution in [0.25, 0.3) is 0 Å². The van der Waals surface area contributed by atoms with Crippen molar-refractivity contribution >= 4 is 23.1 Å². The molecule has 24 heavy (non-hydrogen) atoms. The maximum atomic E-state index is 12.4. The number of carbonyl (C=O) groups excluding carboxylic acids is 4. The predicted molar refractivity (Wildman–Crippen MR) is 82.5 cm³/mol. The van der Waals surface area contributed by atoms with Crippen molar-refractivity contribution in [1.82, 2.24) is 0 Å². The van der Waals surface area contributed by atoms with E-state index in [1.807, 2.05) is 0 Å². The predicted octanol–water partition coefficient (Wildman–Crippen LogP) is 1.52. The molecule has 1 aromatic carbocycles. The van der Waals surface area contributed by atoms with Gasteiger partial charge in [-0.15, -0.1) is 0 Å². The van der Waals surface area contributed by atoms with Gasteiger partial charge in [0.25, 0.3) is 0 Å². The molecule has 0 saturated heterocycles. The lowest BCUT2D eigenvalue weighted by atomic mass is 9.83. The van der Waals surface area contributed by atoms with Crippen LogP contribution in [-0.2, 0) is 9.59 Å². The van der Waals surface area contributed by atoms with E-state index < -0.39 is 45.5 Å². The third-order valence-electron chi connectivity index (χ3n) is 3.42. The largest absolute Gasteiger partial charge is 0.507 e. The molecule has 124 valence electrons. The molecule has 0 aromatic heterocycles. The molecule has 2 rings (SSSR count). The smallest absolute Gasteiger partial charge is 0.238 e. The van der Waals surface area contributed by atoms with Gasteiger partial charge in [-0.3, -0.25) is 19.2 Å². The van der Waals surface area contributed by atoms with Gasteiger partial charge < -0.3 is 14.9 Å². The number of ketones is 4. The van der Waals surface area contributed by atoms with Gasteiger partial charge in [0.05, 0.1) is 23.8 Å². The molecule has 0 fully saturated rings. The number of hydrogen-bond acceptors (Lipinski definition) is 7. The summed E-state index contributed by atoms with van der Waals surface area (Å²) in [5, 5.41) is 20.0. The maximum absolute atomic E-state index is 12.4. The van der Waals surface area contributed by atoms with E-state index in [0.717, 1.165) is 12.1 Å². The van der Waals surface area contributed by atoms with Gasteiger partial charge in [-0.05, 0) is 13.0 Å². The summed E-state index contributed by atoms with van der Waals surface area (Å²) in [7, 11) is 1.20. The molecular weight excluding hydrogens is 316 g/mol. The van der Waals surface area contributed by atoms with E-state index >= 15 is 0 Å². The van der Waals surface area contributed by atoms with E-state index in [0.29, 0.717) is 0 Å². The summed E-state index contributed by atoms with van der Waals surface area (Å²) in [6.07, 6.45) is 3.96. The summed E-state index contributed by atoms with van der Waals surface area (Å²) >= 11 is 0. The fourth-order valence-electron chi connectivity index (χ4n) is 2.26. The summed E-state index contributed by atoms with van der Waals surface area (Å²) in [6, 6.07) is 0.984. The number of hydrogen-bond donors (Lipinski definition) is 2. The number of benzene rings is 1. The van der Waals surface area contributed by atoms with Crippen LogP contribution in [0.15, 0.2) is 29.9 Å². The van der Waals surface area contributed by atoms with Crippen LogP contribution in [0.1, 0.15) is 34.1 Å². The zero-order chi connectivity index (χ0) is 18.0. The van der Waals surface area contributed by atoms with Gasteiger partial charge in [0.2, 0.25) is 17.3 Å². The number of rotatable bonds is 4. The number of Topliss-reactive ketones (excluding diaryl/α,β-unsaturated/α-hetero) is 4. The summed E-state index contributed by atoms with van der Waals surface area (Å²) in [5.41, 5.74) is -1.48. The number of aromatic hydroxyl groups is 2. The van der Waals surface area contributed by atoms with E-state index in [1.54, 1.807) is 0 Å². The Bertz CT molecular complexity index is 828. The van der Waals surface area contributed by atoms with E-state index in [1.165, 1.54) is 26.2 Å². The maximum Gasteiger partial charge on any atom is 0.238 e. The Morgan fingerprint density at radius 1 is 1.12 bits per heavy atom. The first-order valence-corrected chi connectivity index (χ1v) is 6.92. The van der Waals surface area contributed by atoms with Gasteiger partial charge in [0.15, 0.2) is 11.5 Å². The van der Waals surface area contributed by atoms with Crippen LogP contribution < -0.4 is 4.74 Å². The van der Waals surface area contributed by atoms with Crippen molar-refractivity contribution in [2.75, 3.05) is 7.11 Å². The lowest BCUT2D eigenvalue weighted by molar-refractivity contribution is -0.116. The zero-order valence-corrected chi connectivity index (χ0v) is 13.0. The van der Waals surface area contributed by atoms with Crippen molar-refractivity contribution in [2.45, 2.75) is 13.3 Å². The third kappa shape index (κ3) is 2.83. The quantitative estimate of drug-likeness (QED) is 0.372. The normalized spacial score (nSPS) is 15.9. The van der Waals surface area contributed by atoms with Crippen molar-refractivity contribution in [3.8, 4) is 17.2 Å². The van der Waals surface area contributed by atoms with Crippen LogP contribution in [-0.4, -0.2) is 40.5 Å². The zero-order valence-electron chi connectivity index (χ0n) is 13.0. The number of phenolic OH excluding ortho intramolecular Hbond substituents is 2. The Morgan fingerprint density at radius 3 is 2.38 bits per heavy atom. The molecule has 1 aliphatic carbocycles. The molecule has 2 N–H and O–H groups in total. The number of phenols is 2. The highest BCUT2D eigenvalue weighted by atomic mass is 16.5. The molecule has 0 spiro atoms. The summed E-state index contributed by atoms with van der Waals surface area (Å²) < 4.78 is 4.80. The number of ether oxygens (including phenoxy) is 1. The van der Waals surface area contributed by atoms with E-state index in [2.05, 4.69) is 0 Å². The lowest BCUT2D eigenvalue weighted by Gasteiger charge is -2.19. The highest BCUT2D eigenvalue weighted by Gasteiger charge is 2.40. The van der Waals surface area contributed by atoms with Gasteiger partial charge in [-0.25, -0.2) is 0 Å². The molecule has 7 heteroatoms. The standard InChI is InChI=1S/C17H14O7/c1-8(18)5-3-4-6-9-14(20)12-10(19)7-11(24-2)16(22)13(12)17(23)15(9)21/h3-4,6-7,19,22H,5H2,1-2H3. The lowest BCUT2D eigenvalue weighted by Crippen LogP contribution is -2.30. The van der Waals surface area contributed by atoms with Gasteiger partial charge in [0.1, 0.15) is 11.5 Å². The second-order valence-corrected chi connectivity index (χ2v) is 5.10. The second kappa shape index (κ2) is 6.49. The monoisotopic (exact) mass is 330 g/mol. The molecule has 0 saturated carbocycles. The highest BCUT2D eigenvalue weighted by Crippen LogP contribution is 2.42. The summed E-state index contributed by atoms with van der Waals surface area (Å²) in [5.74, 6) is -4.72. The molecule has 0 radical (unpaired) electrons. The highest BCUT2D eigenvalue weighted by molar-refractivity contribution is 6.60. The first kappa shape index (κ1) is 17.1. The molecule has 1 aliphatic rings. The van der Waals surface area contributed by atoms with Gasteiger partial charge in [0, 0.05) is 12.5 Å². The van der Waals surface area contributed by atoms with Crippen LogP contribution in [0.2, 0.25) is 0 Å². The Morgan fingerprint density at radius 2 is 1.79 bits per heavy atom. The average molecular weight is 330 g/mol. The van der Waals surface area contributed by atoms with Gasteiger partial charge >= 0.3 is 0 Å². The Balaban J connectivity index is 2.57. The minimum atomic E-state index is -1.12. The average Bonchev–Trinajstić information content (AvgIpc) is 2.53. The fraction of sp³-hybridized carbons (Fsp3) is 0.176.